The molecule has 0 fully saturated rings. The molecule has 0 N–H and O–H groups in total. The second-order valence-electron chi connectivity index (χ2n) is 9.99. The molecule has 5 aromatic rings. The van der Waals surface area contributed by atoms with Crippen LogP contribution in [0.4, 0.5) is 0 Å². The van der Waals surface area contributed by atoms with Gasteiger partial charge in [-0.2, -0.15) is 0 Å². The summed E-state index contributed by atoms with van der Waals surface area (Å²) in [6, 6.07) is 33.0. The summed E-state index contributed by atoms with van der Waals surface area (Å²) in [6.45, 7) is 6.58. The molecule has 2 aromatic heterocycles. The molecule has 2 nitrogen and oxygen atoms in total. The van der Waals surface area contributed by atoms with E-state index in [2.05, 4.69) is 147 Å². The van der Waals surface area contributed by atoms with Crippen molar-refractivity contribution in [2.45, 2.75) is 32.9 Å². The fourth-order valence-corrected chi connectivity index (χ4v) is 10.7. The van der Waals surface area contributed by atoms with Gasteiger partial charge < -0.3 is 24.0 Å². The topological polar surface area (TPSA) is 25.8 Å². The first kappa shape index (κ1) is 30.5. The van der Waals surface area contributed by atoms with Crippen molar-refractivity contribution in [2.75, 3.05) is 0 Å². The van der Waals surface area contributed by atoms with Crippen LogP contribution in [-0.4, -0.2) is 9.97 Å². The highest BCUT2D eigenvalue weighted by Crippen LogP contribution is 2.58. The maximum absolute atomic E-state index is 5.17. The van der Waals surface area contributed by atoms with Crippen LogP contribution in [0, 0.1) is 5.92 Å². The van der Waals surface area contributed by atoms with E-state index in [1.54, 1.807) is 22.7 Å². The Balaban J connectivity index is 0.00000370. The first-order valence-corrected chi connectivity index (χ1v) is 17.1. The van der Waals surface area contributed by atoms with Gasteiger partial charge in [0.1, 0.15) is 40.0 Å². The number of hydrogen-bond acceptors (Lipinski definition) is 4. The smallest absolute Gasteiger partial charge is 0.143 e. The van der Waals surface area contributed by atoms with Crippen LogP contribution in [-0.2, 0) is 6.16 Å². The molecule has 0 aliphatic carbocycles. The molecular formula is C34H34IN2PS2. The summed E-state index contributed by atoms with van der Waals surface area (Å²) in [7, 11) is -1.98. The lowest BCUT2D eigenvalue weighted by Gasteiger charge is -2.27. The molecule has 0 spiro atoms. The van der Waals surface area contributed by atoms with E-state index < -0.39 is 7.26 Å². The van der Waals surface area contributed by atoms with Crippen LogP contribution in [0.25, 0.3) is 10.7 Å². The van der Waals surface area contributed by atoms with Crippen LogP contribution in [0.15, 0.2) is 126 Å². The Hall–Kier alpha value is -2.44. The molecule has 1 atom stereocenters. The number of nitrogens with zero attached hydrogens (tertiary/aromatic N) is 2. The van der Waals surface area contributed by atoms with Gasteiger partial charge >= 0.3 is 0 Å². The van der Waals surface area contributed by atoms with Crippen molar-refractivity contribution >= 4 is 45.8 Å². The van der Waals surface area contributed by atoms with Gasteiger partial charge in [-0.25, -0.2) is 9.97 Å². The monoisotopic (exact) mass is 692 g/mol. The molecule has 0 aliphatic heterocycles. The van der Waals surface area contributed by atoms with Crippen LogP contribution in [0.1, 0.15) is 37.4 Å². The number of rotatable bonds is 10. The number of allylic oxidation sites excluding steroid dienone is 4. The number of thiazole rings is 2. The normalized spacial score (nSPS) is 12.7. The van der Waals surface area contributed by atoms with Crippen LogP contribution < -0.4 is 39.9 Å². The summed E-state index contributed by atoms with van der Waals surface area (Å²) in [5.41, 5.74) is 2.11. The summed E-state index contributed by atoms with van der Waals surface area (Å²) in [5.74, 6) is 0.829. The summed E-state index contributed by atoms with van der Waals surface area (Å²) < 4.78 is 0. The van der Waals surface area contributed by atoms with Crippen molar-refractivity contribution in [3.05, 3.63) is 137 Å². The van der Waals surface area contributed by atoms with Gasteiger partial charge in [0.15, 0.2) is 0 Å². The van der Waals surface area contributed by atoms with E-state index in [0.29, 0.717) is 5.92 Å². The summed E-state index contributed by atoms with van der Waals surface area (Å²) in [5, 5.41) is 10.6. The fourth-order valence-electron chi connectivity index (χ4n) is 4.70. The number of aromatic nitrogens is 2. The highest BCUT2D eigenvalue weighted by Gasteiger charge is 2.46. The second-order valence-corrected chi connectivity index (χ2v) is 15.2. The molecule has 0 unspecified atom stereocenters. The third kappa shape index (κ3) is 7.06. The Morgan fingerprint density at radius 3 is 1.73 bits per heavy atom. The van der Waals surface area contributed by atoms with Crippen LogP contribution in [0.5, 0.6) is 0 Å². The fraction of sp³-hybridized carbons (Fsp3) is 0.176. The zero-order chi connectivity index (χ0) is 27.1. The lowest BCUT2D eigenvalue weighted by molar-refractivity contribution is -0.00000786. The van der Waals surface area contributed by atoms with Crippen molar-refractivity contribution in [2.24, 2.45) is 5.92 Å². The van der Waals surface area contributed by atoms with Crippen molar-refractivity contribution in [3.8, 4) is 10.7 Å². The van der Waals surface area contributed by atoms with Crippen LogP contribution in [0.2, 0.25) is 0 Å². The summed E-state index contributed by atoms with van der Waals surface area (Å²) >= 11 is 3.42. The van der Waals surface area contributed by atoms with E-state index in [1.807, 2.05) is 0 Å². The van der Waals surface area contributed by atoms with Crippen molar-refractivity contribution < 1.29 is 24.0 Å². The van der Waals surface area contributed by atoms with Crippen molar-refractivity contribution in [3.63, 3.8) is 0 Å². The molecule has 6 heteroatoms. The lowest BCUT2D eigenvalue weighted by Crippen LogP contribution is -3.00. The van der Waals surface area contributed by atoms with E-state index in [4.69, 9.17) is 9.97 Å². The predicted molar refractivity (Wildman–Crippen MR) is 174 cm³/mol. The van der Waals surface area contributed by atoms with Gasteiger partial charge in [-0.1, -0.05) is 99.7 Å². The standard InChI is InChI=1S/C34H34N2PS2.HI/c1-26(2)15-13-14-16-27(3)33-36-32(25-39-33)34-35-28(24-38-34)23-37(29-17-7-4-8-18-29,30-19-9-5-10-20-30)31-21-11-6-12-22-31;/h4-22,24-27H,23H2,1-3H3;1H/q+1;/p-1/b15-13+,16-14+;/t27-;/m0./s1. The minimum absolute atomic E-state index is 0. The lowest BCUT2D eigenvalue weighted by atomic mass is 10.1. The summed E-state index contributed by atoms with van der Waals surface area (Å²) in [6.07, 6.45) is 9.56. The molecule has 0 saturated carbocycles. The molecule has 40 heavy (non-hydrogen) atoms. The molecule has 0 radical (unpaired) electrons. The molecule has 204 valence electrons. The van der Waals surface area contributed by atoms with E-state index >= 15 is 0 Å². The molecule has 3 aromatic carbocycles. The minimum Gasteiger partial charge on any atom is -1.00 e. The third-order valence-corrected chi connectivity index (χ3v) is 13.0. The third-order valence-electron chi connectivity index (χ3n) is 6.68. The van der Waals surface area contributed by atoms with Gasteiger partial charge in [0.2, 0.25) is 0 Å². The Labute approximate surface area is 264 Å². The van der Waals surface area contributed by atoms with Gasteiger partial charge in [0.25, 0.3) is 0 Å². The van der Waals surface area contributed by atoms with Crippen molar-refractivity contribution in [1.82, 2.24) is 9.97 Å². The Kier molecular flexibility index (Phi) is 11.0. The average Bonchev–Trinajstić information content (AvgIpc) is 3.65. The highest BCUT2D eigenvalue weighted by atomic mass is 127. The number of benzene rings is 3. The number of hydrogen-bond donors (Lipinski definition) is 0. The number of halogens is 1. The van der Waals surface area contributed by atoms with E-state index in [1.165, 1.54) is 15.9 Å². The molecule has 5 rings (SSSR count). The molecule has 2 heterocycles. The molecule has 0 aliphatic rings. The predicted octanol–water partition coefficient (Wildman–Crippen LogP) is 5.64. The zero-order valence-electron chi connectivity index (χ0n) is 23.0. The van der Waals surface area contributed by atoms with Gasteiger partial charge in [0.05, 0.1) is 10.7 Å². The average molecular weight is 693 g/mol. The second kappa shape index (κ2) is 14.5. The highest BCUT2D eigenvalue weighted by molar-refractivity contribution is 7.95. The van der Waals surface area contributed by atoms with Crippen LogP contribution in [0.3, 0.4) is 0 Å². The Bertz CT molecular complexity index is 1430. The minimum atomic E-state index is -1.98. The van der Waals surface area contributed by atoms with E-state index in [0.717, 1.165) is 27.6 Å². The largest absolute Gasteiger partial charge is 1.00 e. The van der Waals surface area contributed by atoms with E-state index in [9.17, 15) is 0 Å². The quantitative estimate of drug-likeness (QED) is 0.108. The van der Waals surface area contributed by atoms with Gasteiger partial charge in [-0.3, -0.25) is 0 Å². The zero-order valence-corrected chi connectivity index (χ0v) is 27.7. The Morgan fingerprint density at radius 2 is 1.20 bits per heavy atom. The van der Waals surface area contributed by atoms with Gasteiger partial charge in [-0.05, 0) is 42.3 Å². The first-order chi connectivity index (χ1) is 19.1. The summed E-state index contributed by atoms with van der Waals surface area (Å²) in [4.78, 5) is 10.1. The van der Waals surface area contributed by atoms with Gasteiger partial charge in [0, 0.05) is 16.7 Å². The SMILES string of the molecule is CC(C)/C=C/C=C/[C@H](C)c1nc(-c2nc(C[P+](c3ccccc3)(c3ccccc3)c3ccccc3)cs2)cs1.[I-]. The Morgan fingerprint density at radius 1 is 0.675 bits per heavy atom. The van der Waals surface area contributed by atoms with Crippen LogP contribution >= 0.6 is 29.9 Å². The maximum atomic E-state index is 5.17. The maximum Gasteiger partial charge on any atom is 0.143 e. The van der Waals surface area contributed by atoms with E-state index in [-0.39, 0.29) is 29.9 Å². The molecule has 0 bridgehead atoms. The molecular weight excluding hydrogens is 658 g/mol. The molecule has 0 amide bonds. The van der Waals surface area contributed by atoms with Gasteiger partial charge in [-0.15, -0.1) is 22.7 Å². The molecule has 0 saturated heterocycles. The first-order valence-electron chi connectivity index (χ1n) is 13.4. The van der Waals surface area contributed by atoms with Crippen molar-refractivity contribution in [1.29, 1.82) is 0 Å².